The molecule has 2 heterocycles. The molecule has 0 atom stereocenters. The molecule has 3 rings (SSSR count). The van der Waals surface area contributed by atoms with Crippen LogP contribution in [0.25, 0.3) is 11.5 Å². The van der Waals surface area contributed by atoms with Crippen molar-refractivity contribution < 1.29 is 9.52 Å². The standard InChI is InChI=1S/C13H14N2O2/c16-12-4-2-1-3-11(12)13-15-8-10(17-13)5-9-6-14-7-9/h1-4,8-9,14,16H,5-7H2. The Bertz CT molecular complexity index is 518. The minimum atomic E-state index is 0.200. The highest BCUT2D eigenvalue weighted by atomic mass is 16.4. The summed E-state index contributed by atoms with van der Waals surface area (Å²) in [5, 5.41) is 12.9. The van der Waals surface area contributed by atoms with Crippen LogP contribution in [0, 0.1) is 5.92 Å². The highest BCUT2D eigenvalue weighted by Gasteiger charge is 2.19. The average Bonchev–Trinajstić information content (AvgIpc) is 2.73. The van der Waals surface area contributed by atoms with Crippen LogP contribution in [0.5, 0.6) is 5.75 Å². The molecule has 1 aliphatic rings. The molecular weight excluding hydrogens is 216 g/mol. The van der Waals surface area contributed by atoms with Crippen molar-refractivity contribution >= 4 is 0 Å². The molecule has 0 amide bonds. The molecule has 0 spiro atoms. The second-order valence-corrected chi connectivity index (χ2v) is 4.38. The molecule has 1 aliphatic heterocycles. The lowest BCUT2D eigenvalue weighted by atomic mass is 9.98. The quantitative estimate of drug-likeness (QED) is 0.844. The summed E-state index contributed by atoms with van der Waals surface area (Å²) in [6.07, 6.45) is 2.66. The van der Waals surface area contributed by atoms with Crippen molar-refractivity contribution in [3.63, 3.8) is 0 Å². The Balaban J connectivity index is 1.82. The summed E-state index contributed by atoms with van der Waals surface area (Å²) in [4.78, 5) is 4.21. The SMILES string of the molecule is Oc1ccccc1-c1ncc(CC2CNC2)o1. The van der Waals surface area contributed by atoms with Gasteiger partial charge >= 0.3 is 0 Å². The minimum absolute atomic E-state index is 0.200. The van der Waals surface area contributed by atoms with E-state index in [-0.39, 0.29) is 5.75 Å². The zero-order valence-corrected chi connectivity index (χ0v) is 9.39. The molecule has 0 unspecified atom stereocenters. The second-order valence-electron chi connectivity index (χ2n) is 4.38. The van der Waals surface area contributed by atoms with Crippen LogP contribution in [0.2, 0.25) is 0 Å². The first-order chi connectivity index (χ1) is 8.33. The number of phenols is 1. The van der Waals surface area contributed by atoms with Gasteiger partial charge in [-0.25, -0.2) is 4.98 Å². The predicted molar refractivity (Wildman–Crippen MR) is 63.7 cm³/mol. The maximum atomic E-state index is 9.70. The largest absolute Gasteiger partial charge is 0.507 e. The third-order valence-corrected chi connectivity index (χ3v) is 3.04. The highest BCUT2D eigenvalue weighted by molar-refractivity contribution is 5.61. The first-order valence-corrected chi connectivity index (χ1v) is 5.77. The summed E-state index contributed by atoms with van der Waals surface area (Å²) >= 11 is 0. The van der Waals surface area contributed by atoms with Gasteiger partial charge in [-0.05, 0) is 31.1 Å². The van der Waals surface area contributed by atoms with Crippen molar-refractivity contribution in [2.75, 3.05) is 13.1 Å². The molecule has 0 bridgehead atoms. The molecule has 4 nitrogen and oxygen atoms in total. The van der Waals surface area contributed by atoms with Crippen LogP contribution >= 0.6 is 0 Å². The number of hydrogen-bond acceptors (Lipinski definition) is 4. The molecule has 1 aromatic carbocycles. The van der Waals surface area contributed by atoms with E-state index in [1.807, 2.05) is 6.07 Å². The monoisotopic (exact) mass is 230 g/mol. The zero-order valence-electron chi connectivity index (χ0n) is 9.39. The number of phenolic OH excluding ortho intramolecular Hbond substituents is 1. The number of oxazole rings is 1. The molecule has 88 valence electrons. The van der Waals surface area contributed by atoms with E-state index in [0.29, 0.717) is 17.4 Å². The number of benzene rings is 1. The van der Waals surface area contributed by atoms with Crippen molar-refractivity contribution in [3.8, 4) is 17.2 Å². The third-order valence-electron chi connectivity index (χ3n) is 3.04. The molecule has 1 fully saturated rings. The van der Waals surface area contributed by atoms with Crippen molar-refractivity contribution in [1.82, 2.24) is 10.3 Å². The molecule has 0 radical (unpaired) electrons. The molecule has 17 heavy (non-hydrogen) atoms. The van der Waals surface area contributed by atoms with Crippen molar-refractivity contribution in [2.45, 2.75) is 6.42 Å². The molecule has 0 aliphatic carbocycles. The Kier molecular flexibility index (Phi) is 2.57. The van der Waals surface area contributed by atoms with Gasteiger partial charge in [0.1, 0.15) is 11.5 Å². The molecule has 0 saturated carbocycles. The number of nitrogens with zero attached hydrogens (tertiary/aromatic N) is 1. The lowest BCUT2D eigenvalue weighted by Crippen LogP contribution is -2.42. The van der Waals surface area contributed by atoms with Gasteiger partial charge in [0.15, 0.2) is 0 Å². The first kappa shape index (κ1) is 10.4. The van der Waals surface area contributed by atoms with Crippen LogP contribution in [0.15, 0.2) is 34.9 Å². The predicted octanol–water partition coefficient (Wildman–Crippen LogP) is 1.81. The molecule has 2 N–H and O–H groups in total. The lowest BCUT2D eigenvalue weighted by Gasteiger charge is -2.25. The maximum Gasteiger partial charge on any atom is 0.229 e. The Morgan fingerprint density at radius 1 is 1.35 bits per heavy atom. The van der Waals surface area contributed by atoms with E-state index < -0.39 is 0 Å². The highest BCUT2D eigenvalue weighted by Crippen LogP contribution is 2.28. The Morgan fingerprint density at radius 3 is 2.88 bits per heavy atom. The maximum absolute atomic E-state index is 9.70. The number of aromatic hydroxyl groups is 1. The van der Waals surface area contributed by atoms with E-state index in [4.69, 9.17) is 4.42 Å². The summed E-state index contributed by atoms with van der Waals surface area (Å²) in [7, 11) is 0. The van der Waals surface area contributed by atoms with E-state index in [1.54, 1.807) is 24.4 Å². The number of nitrogens with one attached hydrogen (secondary N) is 1. The summed E-state index contributed by atoms with van der Waals surface area (Å²) in [5.74, 6) is 2.23. The molecule has 1 aromatic heterocycles. The fourth-order valence-electron chi connectivity index (χ4n) is 1.96. The fourth-order valence-corrected chi connectivity index (χ4v) is 1.96. The zero-order chi connectivity index (χ0) is 11.7. The van der Waals surface area contributed by atoms with Gasteiger partial charge in [-0.1, -0.05) is 12.1 Å². The van der Waals surface area contributed by atoms with Crippen LogP contribution in [-0.2, 0) is 6.42 Å². The van der Waals surface area contributed by atoms with Gasteiger partial charge in [0.2, 0.25) is 5.89 Å². The van der Waals surface area contributed by atoms with Crippen LogP contribution < -0.4 is 5.32 Å². The Morgan fingerprint density at radius 2 is 2.18 bits per heavy atom. The summed E-state index contributed by atoms with van der Waals surface area (Å²) in [5.41, 5.74) is 0.644. The molecular formula is C13H14N2O2. The normalized spacial score (nSPS) is 15.8. The number of hydrogen-bond donors (Lipinski definition) is 2. The van der Waals surface area contributed by atoms with Crippen LogP contribution in [0.3, 0.4) is 0 Å². The lowest BCUT2D eigenvalue weighted by molar-refractivity contribution is 0.324. The molecule has 4 heteroatoms. The van der Waals surface area contributed by atoms with Crippen LogP contribution in [-0.4, -0.2) is 23.2 Å². The Labute approximate surface area is 99.3 Å². The summed E-state index contributed by atoms with van der Waals surface area (Å²) in [6, 6.07) is 7.07. The van der Waals surface area contributed by atoms with Crippen molar-refractivity contribution in [3.05, 3.63) is 36.2 Å². The van der Waals surface area contributed by atoms with E-state index in [2.05, 4.69) is 10.3 Å². The molecule has 1 saturated heterocycles. The average molecular weight is 230 g/mol. The van der Waals surface area contributed by atoms with Gasteiger partial charge in [-0.2, -0.15) is 0 Å². The van der Waals surface area contributed by atoms with Crippen LogP contribution in [0.4, 0.5) is 0 Å². The van der Waals surface area contributed by atoms with Gasteiger partial charge in [0.25, 0.3) is 0 Å². The fraction of sp³-hybridized carbons (Fsp3) is 0.308. The molecule has 2 aromatic rings. The van der Waals surface area contributed by atoms with Crippen molar-refractivity contribution in [1.29, 1.82) is 0 Å². The van der Waals surface area contributed by atoms with E-state index >= 15 is 0 Å². The van der Waals surface area contributed by atoms with Crippen molar-refractivity contribution in [2.24, 2.45) is 5.92 Å². The number of aromatic nitrogens is 1. The second kappa shape index (κ2) is 4.22. The van der Waals surface area contributed by atoms with E-state index in [1.165, 1.54) is 0 Å². The van der Waals surface area contributed by atoms with Gasteiger partial charge < -0.3 is 14.8 Å². The third kappa shape index (κ3) is 2.03. The minimum Gasteiger partial charge on any atom is -0.507 e. The summed E-state index contributed by atoms with van der Waals surface area (Å²) < 4.78 is 5.66. The van der Waals surface area contributed by atoms with E-state index in [9.17, 15) is 5.11 Å². The smallest absolute Gasteiger partial charge is 0.229 e. The van der Waals surface area contributed by atoms with Gasteiger partial charge in [0, 0.05) is 6.42 Å². The topological polar surface area (TPSA) is 58.3 Å². The van der Waals surface area contributed by atoms with Gasteiger partial charge in [-0.3, -0.25) is 0 Å². The Hall–Kier alpha value is -1.81. The first-order valence-electron chi connectivity index (χ1n) is 5.77. The van der Waals surface area contributed by atoms with Gasteiger partial charge in [0.05, 0.1) is 11.8 Å². The number of rotatable bonds is 3. The summed E-state index contributed by atoms with van der Waals surface area (Å²) in [6.45, 7) is 2.10. The van der Waals surface area contributed by atoms with Crippen LogP contribution in [0.1, 0.15) is 5.76 Å². The van der Waals surface area contributed by atoms with E-state index in [0.717, 1.165) is 25.3 Å². The number of para-hydroxylation sites is 1. The van der Waals surface area contributed by atoms with Gasteiger partial charge in [-0.15, -0.1) is 0 Å².